The molecule has 40 heavy (non-hydrogen) atoms. The number of aromatic nitrogens is 2. The summed E-state index contributed by atoms with van der Waals surface area (Å²) in [5, 5.41) is 10.1. The second-order valence-electron chi connectivity index (χ2n) is 10.1. The molecule has 4 heterocycles. The smallest absolute Gasteiger partial charge is 0.266 e. The highest BCUT2D eigenvalue weighted by Crippen LogP contribution is 2.37. The Kier molecular flexibility index (Phi) is 7.06. The molecule has 3 aromatic rings. The number of carbonyl (C=O) groups excluding carboxylic acids is 2. The first-order chi connectivity index (χ1) is 19.5. The first-order valence-electron chi connectivity index (χ1n) is 13.3. The summed E-state index contributed by atoms with van der Waals surface area (Å²) in [6, 6.07) is 9.89. The fourth-order valence-corrected chi connectivity index (χ4v) is 5.03. The third-order valence-corrected chi connectivity index (χ3v) is 7.53. The lowest BCUT2D eigenvalue weighted by Gasteiger charge is -2.22. The summed E-state index contributed by atoms with van der Waals surface area (Å²) in [4.78, 5) is 32.5. The van der Waals surface area contributed by atoms with Gasteiger partial charge in [-0.3, -0.25) is 9.59 Å². The monoisotopic (exact) mass is 549 g/mol. The van der Waals surface area contributed by atoms with Crippen molar-refractivity contribution in [2.75, 3.05) is 38.8 Å². The lowest BCUT2D eigenvalue weighted by molar-refractivity contribution is -0.123. The van der Waals surface area contributed by atoms with Crippen molar-refractivity contribution in [1.82, 2.24) is 20.8 Å². The zero-order chi connectivity index (χ0) is 27.6. The van der Waals surface area contributed by atoms with Crippen LogP contribution in [-0.4, -0.2) is 68.0 Å². The van der Waals surface area contributed by atoms with Crippen LogP contribution in [0, 0.1) is 0 Å². The molecule has 210 valence electrons. The molecule has 4 bridgehead atoms. The number of anilines is 1. The quantitative estimate of drug-likeness (QED) is 0.499. The van der Waals surface area contributed by atoms with Crippen molar-refractivity contribution in [1.29, 1.82) is 0 Å². The zero-order valence-corrected chi connectivity index (χ0v) is 22.3. The Hall–Kier alpha value is -4.48. The van der Waals surface area contributed by atoms with Gasteiger partial charge in [0.05, 0.1) is 26.8 Å². The highest BCUT2D eigenvalue weighted by molar-refractivity contribution is 5.95. The number of fused-ring (bicyclic) bond motifs is 7. The standard InChI is InChI=1S/C28H31N5O7/c1-36-20-9-7-18-11-23(20)38-15-25(34)29-12-16-6-8-21(22(10-16)37-2)39-24-14-33(13-19(24)30-26(18)35)28-31-27(40-32-28)17-4-3-5-17/h6-11,17,19,24H,3-5,12-15H2,1-2H3,(H,29,34)(H,30,35)/t19-,24-/m0/s1. The van der Waals surface area contributed by atoms with Crippen LogP contribution in [0.3, 0.4) is 0 Å². The van der Waals surface area contributed by atoms with Crippen LogP contribution in [0.5, 0.6) is 23.0 Å². The SMILES string of the molecule is COc1ccc2cc1OCC(=O)NCc1ccc(c(OC)c1)O[C@H]1CN(c3noc(C4CCC4)n3)C[C@@H]1NC2=O. The summed E-state index contributed by atoms with van der Waals surface area (Å²) in [6.07, 6.45) is 2.83. The van der Waals surface area contributed by atoms with Gasteiger partial charge in [0.2, 0.25) is 5.89 Å². The number of benzene rings is 2. The summed E-state index contributed by atoms with van der Waals surface area (Å²) in [5.74, 6) is 2.54. The van der Waals surface area contributed by atoms with Gasteiger partial charge in [0.1, 0.15) is 6.10 Å². The van der Waals surface area contributed by atoms with Crippen molar-refractivity contribution in [3.63, 3.8) is 0 Å². The van der Waals surface area contributed by atoms with Crippen LogP contribution in [0.2, 0.25) is 0 Å². The Morgan fingerprint density at radius 3 is 2.62 bits per heavy atom. The van der Waals surface area contributed by atoms with Gasteiger partial charge >= 0.3 is 0 Å². The predicted octanol–water partition coefficient (Wildman–Crippen LogP) is 2.43. The summed E-state index contributed by atoms with van der Waals surface area (Å²) < 4.78 is 28.7. The van der Waals surface area contributed by atoms with E-state index in [9.17, 15) is 9.59 Å². The van der Waals surface area contributed by atoms with Gasteiger partial charge in [0.15, 0.2) is 29.6 Å². The Balaban J connectivity index is 1.32. The third kappa shape index (κ3) is 5.21. The van der Waals surface area contributed by atoms with Gasteiger partial charge in [-0.1, -0.05) is 12.5 Å². The lowest BCUT2D eigenvalue weighted by atomic mass is 9.85. The second-order valence-corrected chi connectivity index (χ2v) is 10.1. The first-order valence-corrected chi connectivity index (χ1v) is 13.3. The number of methoxy groups -OCH3 is 2. The van der Waals surface area contributed by atoms with Crippen molar-refractivity contribution in [3.05, 3.63) is 53.4 Å². The normalized spacial score (nSPS) is 21.3. The average molecular weight is 550 g/mol. The van der Waals surface area contributed by atoms with E-state index in [1.54, 1.807) is 31.4 Å². The van der Waals surface area contributed by atoms with Gasteiger partial charge in [-0.15, -0.1) is 0 Å². The van der Waals surface area contributed by atoms with Crippen molar-refractivity contribution in [2.24, 2.45) is 0 Å². The number of hydrogen-bond donors (Lipinski definition) is 2. The minimum atomic E-state index is -0.446. The molecule has 4 aliphatic rings. The van der Waals surface area contributed by atoms with Crippen LogP contribution in [0.1, 0.15) is 47.0 Å². The van der Waals surface area contributed by atoms with Gasteiger partial charge in [-0.25, -0.2) is 0 Å². The highest BCUT2D eigenvalue weighted by Gasteiger charge is 2.39. The van der Waals surface area contributed by atoms with Crippen LogP contribution in [-0.2, 0) is 11.3 Å². The topological polar surface area (TPSA) is 137 Å². The Labute approximate surface area is 230 Å². The number of hydrogen-bond acceptors (Lipinski definition) is 10. The maximum Gasteiger partial charge on any atom is 0.266 e. The zero-order valence-electron chi connectivity index (χ0n) is 22.3. The molecule has 12 heteroatoms. The Morgan fingerprint density at radius 2 is 1.85 bits per heavy atom. The number of amides is 2. The molecule has 2 amide bonds. The van der Waals surface area contributed by atoms with E-state index >= 15 is 0 Å². The number of nitrogens with zero attached hydrogens (tertiary/aromatic N) is 3. The molecule has 1 aliphatic carbocycles. The molecule has 2 aromatic carbocycles. The molecule has 12 nitrogen and oxygen atoms in total. The average Bonchev–Trinajstić information content (AvgIpc) is 3.57. The largest absolute Gasteiger partial charge is 0.493 e. The van der Waals surface area contributed by atoms with Crippen LogP contribution < -0.4 is 34.5 Å². The van der Waals surface area contributed by atoms with Crippen LogP contribution in [0.4, 0.5) is 5.95 Å². The number of rotatable bonds is 4. The number of nitrogens with one attached hydrogen (secondary N) is 2. The molecular weight excluding hydrogens is 518 g/mol. The molecule has 0 spiro atoms. The van der Waals surface area contributed by atoms with Crippen molar-refractivity contribution in [3.8, 4) is 23.0 Å². The van der Waals surface area contributed by atoms with Crippen molar-refractivity contribution in [2.45, 2.75) is 43.9 Å². The maximum absolute atomic E-state index is 13.4. The van der Waals surface area contributed by atoms with Crippen molar-refractivity contribution < 1.29 is 33.1 Å². The second kappa shape index (κ2) is 10.9. The fraction of sp³-hybridized carbons (Fsp3) is 0.429. The molecule has 0 unspecified atom stereocenters. The van der Waals surface area contributed by atoms with Gasteiger partial charge < -0.3 is 39.0 Å². The molecule has 1 saturated heterocycles. The van der Waals surface area contributed by atoms with Crippen molar-refractivity contribution >= 4 is 17.8 Å². The molecule has 0 radical (unpaired) electrons. The Bertz CT molecular complexity index is 1410. The summed E-state index contributed by atoms with van der Waals surface area (Å²) in [5.41, 5.74) is 1.18. The van der Waals surface area contributed by atoms with E-state index in [4.69, 9.17) is 23.5 Å². The van der Waals surface area contributed by atoms with E-state index in [0.717, 1.165) is 18.4 Å². The molecule has 1 aromatic heterocycles. The van der Waals surface area contributed by atoms with Crippen LogP contribution >= 0.6 is 0 Å². The van der Waals surface area contributed by atoms with E-state index in [-0.39, 0.29) is 30.7 Å². The molecule has 2 N–H and O–H groups in total. The van der Waals surface area contributed by atoms with E-state index in [1.807, 2.05) is 17.0 Å². The summed E-state index contributed by atoms with van der Waals surface area (Å²) in [6.45, 7) is 0.870. The van der Waals surface area contributed by atoms with Crippen LogP contribution in [0.15, 0.2) is 40.9 Å². The molecule has 2 atom stereocenters. The summed E-state index contributed by atoms with van der Waals surface area (Å²) >= 11 is 0. The highest BCUT2D eigenvalue weighted by atomic mass is 16.5. The van der Waals surface area contributed by atoms with E-state index in [1.165, 1.54) is 13.5 Å². The van der Waals surface area contributed by atoms with Gasteiger partial charge in [-0.05, 0) is 53.9 Å². The predicted molar refractivity (Wildman–Crippen MR) is 142 cm³/mol. The summed E-state index contributed by atoms with van der Waals surface area (Å²) in [7, 11) is 3.06. The lowest BCUT2D eigenvalue weighted by Crippen LogP contribution is -2.45. The molecule has 1 saturated carbocycles. The van der Waals surface area contributed by atoms with E-state index < -0.39 is 12.1 Å². The number of ether oxygens (including phenoxy) is 4. The van der Waals surface area contributed by atoms with Gasteiger partial charge in [0, 0.05) is 24.6 Å². The third-order valence-electron chi connectivity index (χ3n) is 7.53. The van der Waals surface area contributed by atoms with Crippen LogP contribution in [0.25, 0.3) is 0 Å². The Morgan fingerprint density at radius 1 is 1.00 bits per heavy atom. The van der Waals surface area contributed by atoms with E-state index in [2.05, 4.69) is 20.8 Å². The molecular formula is C28H31N5O7. The minimum Gasteiger partial charge on any atom is -0.493 e. The molecule has 7 rings (SSSR count). The fourth-order valence-electron chi connectivity index (χ4n) is 5.03. The minimum absolute atomic E-state index is 0.243. The van der Waals surface area contributed by atoms with Gasteiger partial charge in [-0.2, -0.15) is 4.98 Å². The van der Waals surface area contributed by atoms with E-state index in [0.29, 0.717) is 53.7 Å². The maximum atomic E-state index is 13.4. The molecule has 2 fully saturated rings. The molecule has 3 aliphatic heterocycles. The number of carbonyl (C=O) groups is 2. The van der Waals surface area contributed by atoms with Gasteiger partial charge in [0.25, 0.3) is 17.8 Å². The first kappa shape index (κ1) is 25.8.